The molecule has 4 heteroatoms. The van der Waals surface area contributed by atoms with E-state index >= 15 is 0 Å². The fourth-order valence-electron chi connectivity index (χ4n) is 0.651. The summed E-state index contributed by atoms with van der Waals surface area (Å²) in [6.07, 6.45) is -1.08. The molecule has 0 aliphatic carbocycles. The number of hydrogen-bond donors (Lipinski definition) is 3. The molecule has 1 aliphatic heterocycles. The van der Waals surface area contributed by atoms with E-state index < -0.39 is 12.2 Å². The lowest BCUT2D eigenvalue weighted by molar-refractivity contribution is 0.0572. The van der Waals surface area contributed by atoms with Crippen LogP contribution in [0.3, 0.4) is 0 Å². The molecular weight excluding hydrogens is 130 g/mol. The highest BCUT2D eigenvalue weighted by Gasteiger charge is 2.21. The van der Waals surface area contributed by atoms with E-state index in [0.717, 1.165) is 0 Å². The average Bonchev–Trinajstić information content (AvgIpc) is 1.91. The van der Waals surface area contributed by atoms with Gasteiger partial charge in [-0.1, -0.05) is 0 Å². The minimum atomic E-state index is -0.542. The summed E-state index contributed by atoms with van der Waals surface area (Å²) in [6.45, 7) is 1.06. The van der Waals surface area contributed by atoms with Gasteiger partial charge in [-0.2, -0.15) is 0 Å². The predicted molar refractivity (Wildman–Crippen MR) is 32.1 cm³/mol. The SMILES string of the molecule is Cl.O[C@@H]1CNC[C@H]1O. The van der Waals surface area contributed by atoms with Gasteiger partial charge in [-0.3, -0.25) is 0 Å². The van der Waals surface area contributed by atoms with Gasteiger partial charge in [0, 0.05) is 13.1 Å². The van der Waals surface area contributed by atoms with Crippen molar-refractivity contribution in [1.82, 2.24) is 5.32 Å². The molecule has 0 aromatic carbocycles. The van der Waals surface area contributed by atoms with Gasteiger partial charge in [0.25, 0.3) is 0 Å². The lowest BCUT2D eigenvalue weighted by Crippen LogP contribution is -2.22. The summed E-state index contributed by atoms with van der Waals surface area (Å²) in [5.74, 6) is 0. The quantitative estimate of drug-likeness (QED) is 0.393. The van der Waals surface area contributed by atoms with E-state index in [1.54, 1.807) is 0 Å². The Bertz CT molecular complexity index is 63.1. The molecule has 3 N–H and O–H groups in total. The zero-order valence-electron chi connectivity index (χ0n) is 4.37. The first-order valence-corrected chi connectivity index (χ1v) is 2.37. The summed E-state index contributed by atoms with van der Waals surface area (Å²) in [4.78, 5) is 0. The lowest BCUT2D eigenvalue weighted by atomic mass is 10.3. The van der Waals surface area contributed by atoms with Crippen LogP contribution in [0.2, 0.25) is 0 Å². The normalized spacial score (nSPS) is 36.8. The zero-order valence-corrected chi connectivity index (χ0v) is 5.19. The molecular formula is C4H10ClNO2. The molecule has 0 aromatic rings. The zero-order chi connectivity index (χ0) is 5.28. The van der Waals surface area contributed by atoms with Gasteiger partial charge in [-0.15, -0.1) is 12.4 Å². The third-order valence-electron chi connectivity index (χ3n) is 1.15. The van der Waals surface area contributed by atoms with Crippen LogP contribution in [0.4, 0.5) is 0 Å². The van der Waals surface area contributed by atoms with Crippen molar-refractivity contribution in [2.75, 3.05) is 13.1 Å². The maximum atomic E-state index is 8.69. The van der Waals surface area contributed by atoms with E-state index in [2.05, 4.69) is 5.32 Å². The molecule has 8 heavy (non-hydrogen) atoms. The van der Waals surface area contributed by atoms with Gasteiger partial charge >= 0.3 is 0 Å². The van der Waals surface area contributed by atoms with E-state index in [4.69, 9.17) is 10.2 Å². The second kappa shape index (κ2) is 3.25. The molecule has 2 atom stereocenters. The van der Waals surface area contributed by atoms with Crippen molar-refractivity contribution in [1.29, 1.82) is 0 Å². The summed E-state index contributed by atoms with van der Waals surface area (Å²) in [5.41, 5.74) is 0. The number of aliphatic hydroxyl groups is 2. The van der Waals surface area contributed by atoms with Gasteiger partial charge in [-0.05, 0) is 0 Å². The second-order valence-electron chi connectivity index (χ2n) is 1.79. The van der Waals surface area contributed by atoms with Gasteiger partial charge in [-0.25, -0.2) is 0 Å². The monoisotopic (exact) mass is 139 g/mol. The summed E-state index contributed by atoms with van der Waals surface area (Å²) in [5, 5.41) is 20.2. The van der Waals surface area contributed by atoms with Crippen molar-refractivity contribution in [2.24, 2.45) is 0 Å². The Balaban J connectivity index is 0.000000490. The second-order valence-corrected chi connectivity index (χ2v) is 1.79. The Hall–Kier alpha value is 0.170. The average molecular weight is 140 g/mol. The van der Waals surface area contributed by atoms with Gasteiger partial charge in [0.15, 0.2) is 0 Å². The van der Waals surface area contributed by atoms with Crippen LogP contribution in [-0.2, 0) is 0 Å². The maximum absolute atomic E-state index is 8.69. The standard InChI is InChI=1S/C4H9NO2.ClH/c6-3-1-5-2-4(3)7;/h3-7H,1-2H2;1H/t3-,4-;/m1./s1. The third-order valence-corrected chi connectivity index (χ3v) is 1.15. The largest absolute Gasteiger partial charge is 0.389 e. The fourth-order valence-corrected chi connectivity index (χ4v) is 0.651. The summed E-state index contributed by atoms with van der Waals surface area (Å²) in [6, 6.07) is 0. The molecule has 0 unspecified atom stereocenters. The summed E-state index contributed by atoms with van der Waals surface area (Å²) in [7, 11) is 0. The van der Waals surface area contributed by atoms with Crippen LogP contribution in [0.1, 0.15) is 0 Å². The van der Waals surface area contributed by atoms with Gasteiger partial charge in [0.1, 0.15) is 0 Å². The van der Waals surface area contributed by atoms with Crippen LogP contribution in [0.5, 0.6) is 0 Å². The van der Waals surface area contributed by atoms with E-state index in [9.17, 15) is 0 Å². The van der Waals surface area contributed by atoms with Gasteiger partial charge in [0.05, 0.1) is 12.2 Å². The predicted octanol–water partition coefficient (Wildman–Crippen LogP) is -1.27. The molecule has 0 amide bonds. The van der Waals surface area contributed by atoms with Gasteiger partial charge < -0.3 is 15.5 Å². The Kier molecular flexibility index (Phi) is 3.31. The molecule has 50 valence electrons. The van der Waals surface area contributed by atoms with E-state index in [1.165, 1.54) is 0 Å². The van der Waals surface area contributed by atoms with Crippen molar-refractivity contribution in [2.45, 2.75) is 12.2 Å². The number of nitrogens with one attached hydrogen (secondary N) is 1. The Morgan fingerprint density at radius 1 is 1.12 bits per heavy atom. The van der Waals surface area contributed by atoms with Crippen LogP contribution in [-0.4, -0.2) is 35.5 Å². The minimum absolute atomic E-state index is 0. The molecule has 0 bridgehead atoms. The number of β-amino-alcohol motifs (C(OH)–C–C–N with tert-alkyl or cyclic N) is 2. The van der Waals surface area contributed by atoms with Crippen molar-refractivity contribution in [3.05, 3.63) is 0 Å². The van der Waals surface area contributed by atoms with E-state index in [1.807, 2.05) is 0 Å². The number of rotatable bonds is 0. The first-order valence-electron chi connectivity index (χ1n) is 2.37. The van der Waals surface area contributed by atoms with Crippen molar-refractivity contribution < 1.29 is 10.2 Å². The Morgan fingerprint density at radius 3 is 1.62 bits per heavy atom. The first-order chi connectivity index (χ1) is 3.30. The molecule has 0 aromatic heterocycles. The van der Waals surface area contributed by atoms with Crippen LogP contribution in [0.15, 0.2) is 0 Å². The maximum Gasteiger partial charge on any atom is 0.0935 e. The van der Waals surface area contributed by atoms with Crippen LogP contribution in [0.25, 0.3) is 0 Å². The molecule has 0 radical (unpaired) electrons. The Labute approximate surface area is 54.1 Å². The Morgan fingerprint density at radius 2 is 1.50 bits per heavy atom. The number of hydrogen-bond acceptors (Lipinski definition) is 3. The smallest absolute Gasteiger partial charge is 0.0935 e. The van der Waals surface area contributed by atoms with E-state index in [0.29, 0.717) is 13.1 Å². The van der Waals surface area contributed by atoms with Crippen LogP contribution < -0.4 is 5.32 Å². The molecule has 1 aliphatic rings. The first kappa shape index (κ1) is 8.17. The fraction of sp³-hybridized carbons (Fsp3) is 1.00. The highest BCUT2D eigenvalue weighted by molar-refractivity contribution is 5.85. The van der Waals surface area contributed by atoms with Crippen molar-refractivity contribution >= 4 is 12.4 Å². The molecule has 1 rings (SSSR count). The topological polar surface area (TPSA) is 52.5 Å². The summed E-state index contributed by atoms with van der Waals surface area (Å²) < 4.78 is 0. The summed E-state index contributed by atoms with van der Waals surface area (Å²) >= 11 is 0. The lowest BCUT2D eigenvalue weighted by Gasteiger charge is -2.01. The van der Waals surface area contributed by atoms with E-state index in [-0.39, 0.29) is 12.4 Å². The van der Waals surface area contributed by atoms with Crippen LogP contribution in [0, 0.1) is 0 Å². The number of aliphatic hydroxyl groups excluding tert-OH is 2. The highest BCUT2D eigenvalue weighted by Crippen LogP contribution is 1.96. The molecule has 1 saturated heterocycles. The molecule has 1 heterocycles. The van der Waals surface area contributed by atoms with Crippen molar-refractivity contribution in [3.8, 4) is 0 Å². The molecule has 3 nitrogen and oxygen atoms in total. The van der Waals surface area contributed by atoms with Crippen LogP contribution >= 0.6 is 12.4 Å². The molecule has 0 spiro atoms. The number of halogens is 1. The minimum Gasteiger partial charge on any atom is -0.389 e. The molecule has 1 fully saturated rings. The van der Waals surface area contributed by atoms with Crippen molar-refractivity contribution in [3.63, 3.8) is 0 Å². The van der Waals surface area contributed by atoms with Gasteiger partial charge in [0.2, 0.25) is 0 Å². The third kappa shape index (κ3) is 1.59. The highest BCUT2D eigenvalue weighted by atomic mass is 35.5. The molecule has 0 saturated carbocycles.